The van der Waals surface area contributed by atoms with Gasteiger partial charge < -0.3 is 10.3 Å². The Morgan fingerprint density at radius 2 is 1.90 bits per heavy atom. The number of rotatable bonds is 4. The third kappa shape index (κ3) is 3.48. The van der Waals surface area contributed by atoms with E-state index in [9.17, 15) is 4.79 Å². The van der Waals surface area contributed by atoms with Crippen LogP contribution in [0.2, 0.25) is 0 Å². The van der Waals surface area contributed by atoms with Gasteiger partial charge in [-0.3, -0.25) is 9.36 Å². The van der Waals surface area contributed by atoms with Gasteiger partial charge in [-0.2, -0.15) is 4.98 Å². The molecule has 3 aromatic heterocycles. The van der Waals surface area contributed by atoms with E-state index in [1.165, 1.54) is 0 Å². The molecule has 7 heteroatoms. The molecule has 0 radical (unpaired) electrons. The molecule has 0 saturated carbocycles. The number of fused-ring (bicyclic) bond motifs is 2. The SMILES string of the molecule is Cn1c(=O)c(Cc2ccc(Br)cc2)cc2cnc(Nc3ccc4[nH]ccc4c3)nc21. The van der Waals surface area contributed by atoms with Crippen LogP contribution in [0.25, 0.3) is 21.9 Å². The largest absolute Gasteiger partial charge is 0.361 e. The van der Waals surface area contributed by atoms with Crippen molar-refractivity contribution in [2.75, 3.05) is 5.32 Å². The predicted octanol–water partition coefficient (Wildman–Crippen LogP) is 4.91. The fourth-order valence-corrected chi connectivity index (χ4v) is 3.85. The Labute approximate surface area is 180 Å². The summed E-state index contributed by atoms with van der Waals surface area (Å²) in [5.41, 5.74) is 4.30. The van der Waals surface area contributed by atoms with E-state index in [2.05, 4.69) is 36.2 Å². The molecular formula is C23H18BrN5O. The van der Waals surface area contributed by atoms with Gasteiger partial charge in [-0.05, 0) is 48.0 Å². The monoisotopic (exact) mass is 459 g/mol. The van der Waals surface area contributed by atoms with Crippen LogP contribution in [-0.2, 0) is 13.5 Å². The second kappa shape index (κ2) is 7.42. The highest BCUT2D eigenvalue weighted by Crippen LogP contribution is 2.21. The van der Waals surface area contributed by atoms with Crippen molar-refractivity contribution in [3.63, 3.8) is 0 Å². The molecule has 0 unspecified atom stereocenters. The van der Waals surface area contributed by atoms with Crippen molar-refractivity contribution in [3.05, 3.63) is 92.9 Å². The van der Waals surface area contributed by atoms with Crippen LogP contribution in [0.1, 0.15) is 11.1 Å². The van der Waals surface area contributed by atoms with Gasteiger partial charge in [0.25, 0.3) is 5.56 Å². The van der Waals surface area contributed by atoms with Gasteiger partial charge in [0.15, 0.2) is 0 Å². The first-order chi connectivity index (χ1) is 14.6. The zero-order valence-electron chi connectivity index (χ0n) is 16.2. The lowest BCUT2D eigenvalue weighted by Crippen LogP contribution is -2.22. The standard InChI is InChI=1S/C23H18BrN5O/c1-29-21-17(11-16(22(29)30)10-14-2-4-18(24)5-3-14)13-26-23(28-21)27-19-6-7-20-15(12-19)8-9-25-20/h2-9,11-13,25H,10H2,1H3,(H,26,27,28). The van der Waals surface area contributed by atoms with Gasteiger partial charge in [-0.25, -0.2) is 4.98 Å². The predicted molar refractivity (Wildman–Crippen MR) is 123 cm³/mol. The van der Waals surface area contributed by atoms with Crippen molar-refractivity contribution in [3.8, 4) is 0 Å². The smallest absolute Gasteiger partial charge is 0.255 e. The van der Waals surface area contributed by atoms with Crippen LogP contribution >= 0.6 is 15.9 Å². The summed E-state index contributed by atoms with van der Waals surface area (Å²) in [5.74, 6) is 0.452. The molecule has 0 spiro atoms. The summed E-state index contributed by atoms with van der Waals surface area (Å²) < 4.78 is 2.60. The Hall–Kier alpha value is -3.45. The first kappa shape index (κ1) is 18.6. The number of aromatic amines is 1. The number of anilines is 2. The van der Waals surface area contributed by atoms with Crippen LogP contribution in [0.5, 0.6) is 0 Å². The lowest BCUT2D eigenvalue weighted by molar-refractivity contribution is 0.863. The minimum Gasteiger partial charge on any atom is -0.361 e. The highest BCUT2D eigenvalue weighted by atomic mass is 79.9. The van der Waals surface area contributed by atoms with E-state index in [1.54, 1.807) is 17.8 Å². The number of nitrogens with one attached hydrogen (secondary N) is 2. The molecule has 0 aliphatic heterocycles. The van der Waals surface area contributed by atoms with Crippen molar-refractivity contribution in [2.24, 2.45) is 7.05 Å². The summed E-state index contributed by atoms with van der Waals surface area (Å²) in [4.78, 5) is 25.1. The lowest BCUT2D eigenvalue weighted by atomic mass is 10.1. The summed E-state index contributed by atoms with van der Waals surface area (Å²) in [7, 11) is 1.75. The van der Waals surface area contributed by atoms with E-state index in [0.717, 1.165) is 37.6 Å². The maximum atomic E-state index is 12.9. The van der Waals surface area contributed by atoms with Crippen LogP contribution in [0.4, 0.5) is 11.6 Å². The van der Waals surface area contributed by atoms with E-state index < -0.39 is 0 Å². The van der Waals surface area contributed by atoms with Crippen molar-refractivity contribution >= 4 is 49.5 Å². The van der Waals surface area contributed by atoms with Gasteiger partial charge in [0.1, 0.15) is 5.65 Å². The van der Waals surface area contributed by atoms with Crippen LogP contribution in [0.3, 0.4) is 0 Å². The molecule has 0 bridgehead atoms. The summed E-state index contributed by atoms with van der Waals surface area (Å²) in [6.45, 7) is 0. The van der Waals surface area contributed by atoms with Gasteiger partial charge in [-0.1, -0.05) is 28.1 Å². The molecule has 0 fully saturated rings. The lowest BCUT2D eigenvalue weighted by Gasteiger charge is -2.10. The Morgan fingerprint density at radius 3 is 2.73 bits per heavy atom. The van der Waals surface area contributed by atoms with Crippen molar-refractivity contribution in [2.45, 2.75) is 6.42 Å². The maximum absolute atomic E-state index is 12.9. The molecule has 6 nitrogen and oxygen atoms in total. The highest BCUT2D eigenvalue weighted by Gasteiger charge is 2.11. The van der Waals surface area contributed by atoms with E-state index in [4.69, 9.17) is 0 Å². The first-order valence-corrected chi connectivity index (χ1v) is 10.3. The Kier molecular flexibility index (Phi) is 4.59. The van der Waals surface area contributed by atoms with Crippen LogP contribution in [0, 0.1) is 0 Å². The topological polar surface area (TPSA) is 75.6 Å². The molecule has 0 amide bonds. The third-order valence-electron chi connectivity index (χ3n) is 5.14. The zero-order chi connectivity index (χ0) is 20.7. The van der Waals surface area contributed by atoms with Gasteiger partial charge >= 0.3 is 0 Å². The van der Waals surface area contributed by atoms with Gasteiger partial charge in [0, 0.05) is 57.9 Å². The van der Waals surface area contributed by atoms with Crippen LogP contribution in [-0.4, -0.2) is 19.5 Å². The molecule has 2 N–H and O–H groups in total. The minimum absolute atomic E-state index is 0.0520. The van der Waals surface area contributed by atoms with Gasteiger partial charge in [-0.15, -0.1) is 0 Å². The molecule has 5 aromatic rings. The molecule has 148 valence electrons. The number of pyridine rings is 1. The molecule has 2 aromatic carbocycles. The summed E-state index contributed by atoms with van der Waals surface area (Å²) in [6, 6.07) is 17.9. The third-order valence-corrected chi connectivity index (χ3v) is 5.67. The molecule has 5 rings (SSSR count). The van der Waals surface area contributed by atoms with E-state index in [0.29, 0.717) is 18.0 Å². The zero-order valence-corrected chi connectivity index (χ0v) is 17.8. The van der Waals surface area contributed by atoms with Crippen molar-refractivity contribution in [1.29, 1.82) is 0 Å². The molecule has 0 saturated heterocycles. The maximum Gasteiger partial charge on any atom is 0.255 e. The number of benzene rings is 2. The van der Waals surface area contributed by atoms with E-state index >= 15 is 0 Å². The highest BCUT2D eigenvalue weighted by molar-refractivity contribution is 9.10. The van der Waals surface area contributed by atoms with E-state index in [-0.39, 0.29) is 5.56 Å². The average Bonchev–Trinajstić information content (AvgIpc) is 3.22. The Balaban J connectivity index is 1.49. The number of nitrogens with zero attached hydrogens (tertiary/aromatic N) is 3. The quantitative estimate of drug-likeness (QED) is 0.400. The van der Waals surface area contributed by atoms with Gasteiger partial charge in [0.2, 0.25) is 5.95 Å². The molecular weight excluding hydrogens is 442 g/mol. The second-order valence-electron chi connectivity index (χ2n) is 7.21. The first-order valence-electron chi connectivity index (χ1n) is 9.51. The number of aryl methyl sites for hydroxylation is 1. The molecule has 0 aliphatic rings. The molecule has 3 heterocycles. The number of halogens is 1. The Bertz CT molecular complexity index is 1440. The normalized spacial score (nSPS) is 11.3. The molecule has 30 heavy (non-hydrogen) atoms. The van der Waals surface area contributed by atoms with Crippen molar-refractivity contribution < 1.29 is 0 Å². The average molecular weight is 460 g/mol. The van der Waals surface area contributed by atoms with Crippen LogP contribution < -0.4 is 10.9 Å². The van der Waals surface area contributed by atoms with Crippen LogP contribution in [0.15, 0.2) is 76.3 Å². The van der Waals surface area contributed by atoms with Crippen molar-refractivity contribution in [1.82, 2.24) is 19.5 Å². The number of hydrogen-bond donors (Lipinski definition) is 2. The summed E-state index contributed by atoms with van der Waals surface area (Å²) >= 11 is 3.44. The Morgan fingerprint density at radius 1 is 1.07 bits per heavy atom. The fraction of sp³-hybridized carbons (Fsp3) is 0.0870. The number of H-pyrrole nitrogens is 1. The molecule has 0 aliphatic carbocycles. The minimum atomic E-state index is -0.0520. The number of aromatic nitrogens is 4. The van der Waals surface area contributed by atoms with E-state index in [1.807, 2.05) is 60.8 Å². The second-order valence-corrected chi connectivity index (χ2v) is 8.13. The van der Waals surface area contributed by atoms with Gasteiger partial charge in [0.05, 0.1) is 0 Å². The molecule has 0 atom stereocenters. The fourth-order valence-electron chi connectivity index (χ4n) is 3.58. The number of hydrogen-bond acceptors (Lipinski definition) is 4. The summed E-state index contributed by atoms with van der Waals surface area (Å²) in [6.07, 6.45) is 4.22. The summed E-state index contributed by atoms with van der Waals surface area (Å²) in [5, 5.41) is 5.16.